The van der Waals surface area contributed by atoms with E-state index in [0.29, 0.717) is 27.6 Å². The smallest absolute Gasteiger partial charge is 0.387 e. The molecule has 0 aliphatic heterocycles. The Kier molecular flexibility index (Phi) is 7.24. The second-order valence-electron chi connectivity index (χ2n) is 6.03. The van der Waals surface area contributed by atoms with E-state index in [-0.39, 0.29) is 5.75 Å². The summed E-state index contributed by atoms with van der Waals surface area (Å²) in [5.41, 5.74) is 2.12. The molecule has 0 atom stereocenters. The highest BCUT2D eigenvalue weighted by Gasteiger charge is 2.13. The Morgan fingerprint density at radius 2 is 1.61 bits per heavy atom. The zero-order chi connectivity index (χ0) is 22.4. The van der Waals surface area contributed by atoms with Crippen LogP contribution in [0.1, 0.15) is 5.56 Å². The molecule has 0 bridgehead atoms. The molecule has 3 rings (SSSR count). The molecular formula is C21H21F2N3O4S. The van der Waals surface area contributed by atoms with Crippen LogP contribution >= 0.6 is 11.3 Å². The maximum absolute atomic E-state index is 12.4. The molecule has 7 nitrogen and oxygen atoms in total. The first-order valence-corrected chi connectivity index (χ1v) is 9.91. The quantitative estimate of drug-likeness (QED) is 0.482. The molecule has 0 saturated heterocycles. The third-order valence-corrected chi connectivity index (χ3v) is 5.21. The van der Waals surface area contributed by atoms with Crippen LogP contribution in [0.4, 0.5) is 8.78 Å². The summed E-state index contributed by atoms with van der Waals surface area (Å²) in [6, 6.07) is 9.78. The van der Waals surface area contributed by atoms with Crippen molar-refractivity contribution in [2.75, 3.05) is 28.4 Å². The minimum absolute atomic E-state index is 0.0807. The maximum Gasteiger partial charge on any atom is 0.387 e. The first-order chi connectivity index (χ1) is 15.0. The van der Waals surface area contributed by atoms with Gasteiger partial charge in [-0.1, -0.05) is 0 Å². The van der Waals surface area contributed by atoms with Crippen LogP contribution in [0.3, 0.4) is 0 Å². The molecule has 0 saturated carbocycles. The molecule has 164 valence electrons. The van der Waals surface area contributed by atoms with Crippen LogP contribution in [0.2, 0.25) is 0 Å². The van der Waals surface area contributed by atoms with Crippen molar-refractivity contribution in [2.24, 2.45) is 10.1 Å². The number of ether oxygens (including phenoxy) is 4. The summed E-state index contributed by atoms with van der Waals surface area (Å²) < 4.78 is 47.1. The second kappa shape index (κ2) is 10.1. The van der Waals surface area contributed by atoms with Crippen molar-refractivity contribution in [1.82, 2.24) is 4.68 Å². The summed E-state index contributed by atoms with van der Waals surface area (Å²) in [5.74, 6) is 1.73. The van der Waals surface area contributed by atoms with Crippen molar-refractivity contribution in [3.63, 3.8) is 0 Å². The Morgan fingerprint density at radius 1 is 0.968 bits per heavy atom. The van der Waals surface area contributed by atoms with Crippen molar-refractivity contribution >= 4 is 17.6 Å². The molecule has 0 fully saturated rings. The Labute approximate surface area is 181 Å². The fourth-order valence-corrected chi connectivity index (χ4v) is 3.65. The Balaban J connectivity index is 2.04. The van der Waals surface area contributed by atoms with Gasteiger partial charge in [0.25, 0.3) is 0 Å². The van der Waals surface area contributed by atoms with Crippen LogP contribution in [-0.2, 0) is 0 Å². The maximum atomic E-state index is 12.4. The summed E-state index contributed by atoms with van der Waals surface area (Å²) in [7, 11) is 6.31. The molecule has 2 aromatic carbocycles. The minimum Gasteiger partial charge on any atom is -0.496 e. The van der Waals surface area contributed by atoms with Gasteiger partial charge in [-0.15, -0.1) is 11.3 Å². The molecule has 0 aliphatic carbocycles. The van der Waals surface area contributed by atoms with E-state index in [9.17, 15) is 8.78 Å². The molecule has 31 heavy (non-hydrogen) atoms. The summed E-state index contributed by atoms with van der Waals surface area (Å²) in [6.45, 7) is -2.87. The van der Waals surface area contributed by atoms with E-state index in [1.807, 2.05) is 5.38 Å². The van der Waals surface area contributed by atoms with Crippen molar-refractivity contribution in [3.05, 3.63) is 52.1 Å². The zero-order valence-electron chi connectivity index (χ0n) is 17.3. The second-order valence-corrected chi connectivity index (χ2v) is 6.87. The first kappa shape index (κ1) is 22.3. The third-order valence-electron chi connectivity index (χ3n) is 4.31. The van der Waals surface area contributed by atoms with Gasteiger partial charge in [-0.25, -0.2) is 4.68 Å². The van der Waals surface area contributed by atoms with Gasteiger partial charge >= 0.3 is 6.61 Å². The van der Waals surface area contributed by atoms with Crippen molar-refractivity contribution in [1.29, 1.82) is 0 Å². The highest BCUT2D eigenvalue weighted by molar-refractivity contribution is 7.07. The molecular weight excluding hydrogens is 428 g/mol. The molecule has 0 radical (unpaired) electrons. The molecule has 0 aliphatic rings. The van der Waals surface area contributed by atoms with Crippen molar-refractivity contribution in [2.45, 2.75) is 6.61 Å². The van der Waals surface area contributed by atoms with Crippen molar-refractivity contribution < 1.29 is 27.7 Å². The minimum atomic E-state index is -2.87. The molecule has 10 heteroatoms. The Morgan fingerprint density at radius 3 is 2.13 bits per heavy atom. The molecule has 1 heterocycles. The highest BCUT2D eigenvalue weighted by atomic mass is 32.1. The van der Waals surface area contributed by atoms with Crippen LogP contribution in [0.5, 0.6) is 23.0 Å². The van der Waals surface area contributed by atoms with Crippen LogP contribution in [0.25, 0.3) is 11.3 Å². The van der Waals surface area contributed by atoms with Crippen LogP contribution < -0.4 is 23.7 Å². The van der Waals surface area contributed by atoms with Gasteiger partial charge in [0.1, 0.15) is 23.0 Å². The van der Waals surface area contributed by atoms with Crippen LogP contribution in [0, 0.1) is 0 Å². The van der Waals surface area contributed by atoms with Gasteiger partial charge in [0.2, 0.25) is 4.80 Å². The normalized spacial score (nSPS) is 11.9. The number of hydrogen-bond acceptors (Lipinski definition) is 7. The SMILES string of the molecule is CN=c1scc(-c2ccc(OC(F)F)cc2)n1/N=C/c1c(OC)cc(OC)cc1OC. The molecule has 1 aromatic heterocycles. The number of aromatic nitrogens is 1. The van der Waals surface area contributed by atoms with E-state index in [1.54, 1.807) is 63.5 Å². The summed E-state index contributed by atoms with van der Waals surface area (Å²) >= 11 is 1.40. The highest BCUT2D eigenvalue weighted by Crippen LogP contribution is 2.33. The number of thiazole rings is 1. The summed E-state index contributed by atoms with van der Waals surface area (Å²) in [6.07, 6.45) is 1.61. The number of halogens is 2. The Bertz CT molecular complexity index is 1100. The topological polar surface area (TPSA) is 66.6 Å². The molecule has 0 N–H and O–H groups in total. The van der Waals surface area contributed by atoms with Gasteiger partial charge < -0.3 is 18.9 Å². The van der Waals surface area contributed by atoms with Gasteiger partial charge in [0, 0.05) is 30.1 Å². The average molecular weight is 449 g/mol. The number of benzene rings is 2. The predicted molar refractivity (Wildman–Crippen MR) is 115 cm³/mol. The number of methoxy groups -OCH3 is 3. The lowest BCUT2D eigenvalue weighted by molar-refractivity contribution is -0.0498. The zero-order valence-corrected chi connectivity index (χ0v) is 18.2. The van der Waals surface area contributed by atoms with E-state index >= 15 is 0 Å². The monoisotopic (exact) mass is 449 g/mol. The lowest BCUT2D eigenvalue weighted by Gasteiger charge is -2.12. The molecule has 0 unspecified atom stereocenters. The standard InChI is InChI=1S/C21H21F2N3O4S/c1-24-21-26(17(12-31-21)13-5-7-14(8-6-13)30-20(22)23)25-11-16-18(28-3)9-15(27-2)10-19(16)29-4/h5-12,20H,1-4H3/b24-21?,25-11+. The molecule has 0 amide bonds. The molecule has 0 spiro atoms. The van der Waals surface area contributed by atoms with Gasteiger partial charge in [0.15, 0.2) is 0 Å². The largest absolute Gasteiger partial charge is 0.496 e. The van der Waals surface area contributed by atoms with E-state index < -0.39 is 6.61 Å². The van der Waals surface area contributed by atoms with Crippen LogP contribution in [-0.4, -0.2) is 45.9 Å². The number of alkyl halides is 2. The summed E-state index contributed by atoms with van der Waals surface area (Å²) in [5, 5.41) is 6.46. The molecule has 3 aromatic rings. The predicted octanol–water partition coefficient (Wildman–Crippen LogP) is 4.26. The van der Waals surface area contributed by atoms with Gasteiger partial charge in [-0.2, -0.15) is 13.9 Å². The number of rotatable bonds is 8. The van der Waals surface area contributed by atoms with Crippen LogP contribution in [0.15, 0.2) is 51.9 Å². The summed E-state index contributed by atoms with van der Waals surface area (Å²) in [4.78, 5) is 4.90. The number of hydrogen-bond donors (Lipinski definition) is 0. The average Bonchev–Trinajstić information content (AvgIpc) is 3.19. The third kappa shape index (κ3) is 5.02. The van der Waals surface area contributed by atoms with E-state index in [0.717, 1.165) is 11.3 Å². The van der Waals surface area contributed by atoms with E-state index in [4.69, 9.17) is 14.2 Å². The van der Waals surface area contributed by atoms with E-state index in [1.165, 1.54) is 23.5 Å². The fraction of sp³-hybridized carbons (Fsp3) is 0.238. The fourth-order valence-electron chi connectivity index (χ4n) is 2.84. The van der Waals surface area contributed by atoms with E-state index in [2.05, 4.69) is 14.8 Å². The lowest BCUT2D eigenvalue weighted by atomic mass is 10.1. The van der Waals surface area contributed by atoms with Crippen molar-refractivity contribution in [3.8, 4) is 34.3 Å². The first-order valence-electron chi connectivity index (χ1n) is 9.03. The Hall–Kier alpha value is -3.40. The van der Waals surface area contributed by atoms with Gasteiger partial charge in [-0.3, -0.25) is 4.99 Å². The lowest BCUT2D eigenvalue weighted by Crippen LogP contribution is -2.12. The van der Waals surface area contributed by atoms with Gasteiger partial charge in [0.05, 0.1) is 38.8 Å². The number of nitrogens with zero attached hydrogens (tertiary/aromatic N) is 3. The van der Waals surface area contributed by atoms with Gasteiger partial charge in [-0.05, 0) is 24.3 Å².